The Morgan fingerprint density at radius 2 is 1.31 bits per heavy atom. The molecular formula is C22H40O4. The molecule has 1 N–H and O–H groups in total. The van der Waals surface area contributed by atoms with Crippen molar-refractivity contribution in [2.75, 3.05) is 0 Å². The summed E-state index contributed by atoms with van der Waals surface area (Å²) < 4.78 is 5.60. The second-order valence-corrected chi connectivity index (χ2v) is 7.42. The van der Waals surface area contributed by atoms with E-state index in [0.717, 1.165) is 44.9 Å². The normalized spacial score (nSPS) is 11.9. The Hall–Kier alpha value is -1.32. The third-order valence-corrected chi connectivity index (χ3v) is 4.67. The van der Waals surface area contributed by atoms with Crippen LogP contribution in [0.25, 0.3) is 0 Å². The average Bonchev–Trinajstić information content (AvgIpc) is 2.59. The van der Waals surface area contributed by atoms with Crippen LogP contribution < -0.4 is 0 Å². The highest BCUT2D eigenvalue weighted by Crippen LogP contribution is 2.17. The lowest BCUT2D eigenvalue weighted by Gasteiger charge is -2.18. The topological polar surface area (TPSA) is 63.6 Å². The van der Waals surface area contributed by atoms with Crippen molar-refractivity contribution in [1.29, 1.82) is 0 Å². The smallest absolute Gasteiger partial charge is 0.333 e. The number of unbranched alkanes of at least 4 members (excludes halogenated alkanes) is 10. The quantitative estimate of drug-likeness (QED) is 0.172. The summed E-state index contributed by atoms with van der Waals surface area (Å²) >= 11 is 0. The van der Waals surface area contributed by atoms with Crippen molar-refractivity contribution < 1.29 is 19.4 Å². The van der Waals surface area contributed by atoms with Gasteiger partial charge in [0.15, 0.2) is 0 Å². The Balaban J connectivity index is 3.78. The molecule has 0 aromatic carbocycles. The van der Waals surface area contributed by atoms with E-state index in [1.54, 1.807) is 6.92 Å². The molecule has 26 heavy (non-hydrogen) atoms. The van der Waals surface area contributed by atoms with Gasteiger partial charge in [0.1, 0.15) is 6.10 Å². The van der Waals surface area contributed by atoms with Crippen molar-refractivity contribution in [2.45, 2.75) is 116 Å². The number of ether oxygens (including phenoxy) is 1. The van der Waals surface area contributed by atoms with Gasteiger partial charge in [-0.1, -0.05) is 71.3 Å². The summed E-state index contributed by atoms with van der Waals surface area (Å²) in [6, 6.07) is 0. The molecule has 0 fully saturated rings. The van der Waals surface area contributed by atoms with Crippen molar-refractivity contribution in [3.05, 3.63) is 12.2 Å². The van der Waals surface area contributed by atoms with E-state index in [-0.39, 0.29) is 12.1 Å². The van der Waals surface area contributed by atoms with Gasteiger partial charge in [0.25, 0.3) is 0 Å². The number of carbonyl (C=O) groups is 2. The number of carbonyl (C=O) groups excluding carboxylic acids is 1. The van der Waals surface area contributed by atoms with Crippen LogP contribution >= 0.6 is 0 Å². The molecule has 0 heterocycles. The molecule has 0 rings (SSSR count). The minimum absolute atomic E-state index is 0.0343. The molecule has 0 bridgehead atoms. The predicted octanol–water partition coefficient (Wildman–Crippen LogP) is 6.43. The molecule has 0 aromatic heterocycles. The summed E-state index contributed by atoms with van der Waals surface area (Å²) in [5.74, 6) is -0.951. The number of hydrogen-bond acceptors (Lipinski definition) is 3. The van der Waals surface area contributed by atoms with Gasteiger partial charge in [0, 0.05) is 12.0 Å². The van der Waals surface area contributed by atoms with Crippen LogP contribution in [0.2, 0.25) is 0 Å². The molecule has 152 valence electrons. The monoisotopic (exact) mass is 368 g/mol. The fourth-order valence-electron chi connectivity index (χ4n) is 3.02. The molecule has 1 unspecified atom stereocenters. The van der Waals surface area contributed by atoms with Gasteiger partial charge in [-0.15, -0.1) is 0 Å². The number of hydrogen-bond donors (Lipinski definition) is 1. The van der Waals surface area contributed by atoms with Gasteiger partial charge in [-0.05, 0) is 39.0 Å². The van der Waals surface area contributed by atoms with Crippen molar-refractivity contribution >= 4 is 11.9 Å². The van der Waals surface area contributed by atoms with Crippen LogP contribution in [-0.4, -0.2) is 23.1 Å². The molecule has 0 amide bonds. The molecule has 4 heteroatoms. The van der Waals surface area contributed by atoms with Crippen molar-refractivity contribution in [3.8, 4) is 0 Å². The molecule has 0 saturated carbocycles. The SMILES string of the molecule is C=C(C)C(=O)OC(CCCCCC)CCCCCCCCCCC(=O)O. The number of carboxylic acid groups (broad SMARTS) is 1. The molecule has 1 atom stereocenters. The highest BCUT2D eigenvalue weighted by atomic mass is 16.5. The van der Waals surface area contributed by atoms with Gasteiger partial charge in [0.2, 0.25) is 0 Å². The largest absolute Gasteiger partial charge is 0.481 e. The molecule has 0 aliphatic rings. The van der Waals surface area contributed by atoms with E-state index in [4.69, 9.17) is 9.84 Å². The average molecular weight is 369 g/mol. The van der Waals surface area contributed by atoms with Crippen LogP contribution in [-0.2, 0) is 14.3 Å². The molecule has 0 radical (unpaired) electrons. The minimum atomic E-state index is -0.693. The van der Waals surface area contributed by atoms with E-state index < -0.39 is 5.97 Å². The maximum atomic E-state index is 11.8. The lowest BCUT2D eigenvalue weighted by atomic mass is 10.0. The number of aliphatic carboxylic acids is 1. The molecule has 0 aliphatic heterocycles. The Labute approximate surface area is 160 Å². The zero-order valence-corrected chi connectivity index (χ0v) is 17.1. The predicted molar refractivity (Wildman–Crippen MR) is 107 cm³/mol. The van der Waals surface area contributed by atoms with Gasteiger partial charge >= 0.3 is 11.9 Å². The Kier molecular flexibility index (Phi) is 16.2. The Bertz CT molecular complexity index is 390. The van der Waals surface area contributed by atoms with Crippen LogP contribution in [0.15, 0.2) is 12.2 Å². The summed E-state index contributed by atoms with van der Waals surface area (Å²) in [6.07, 6.45) is 15.8. The van der Waals surface area contributed by atoms with Crippen LogP contribution in [0.1, 0.15) is 110 Å². The zero-order valence-electron chi connectivity index (χ0n) is 17.1. The second-order valence-electron chi connectivity index (χ2n) is 7.42. The number of carboxylic acids is 1. The third-order valence-electron chi connectivity index (χ3n) is 4.67. The van der Waals surface area contributed by atoms with Crippen molar-refractivity contribution in [2.24, 2.45) is 0 Å². The lowest BCUT2D eigenvalue weighted by Crippen LogP contribution is -2.18. The maximum absolute atomic E-state index is 11.8. The van der Waals surface area contributed by atoms with Crippen molar-refractivity contribution in [1.82, 2.24) is 0 Å². The Morgan fingerprint density at radius 3 is 1.77 bits per heavy atom. The van der Waals surface area contributed by atoms with E-state index in [1.165, 1.54) is 44.9 Å². The van der Waals surface area contributed by atoms with Gasteiger partial charge in [-0.25, -0.2) is 4.79 Å². The maximum Gasteiger partial charge on any atom is 0.333 e. The summed E-state index contributed by atoms with van der Waals surface area (Å²) in [5, 5.41) is 8.59. The first-order chi connectivity index (χ1) is 12.5. The van der Waals surface area contributed by atoms with E-state index in [9.17, 15) is 9.59 Å². The first-order valence-corrected chi connectivity index (χ1v) is 10.6. The highest BCUT2D eigenvalue weighted by molar-refractivity contribution is 5.87. The first kappa shape index (κ1) is 24.7. The fraction of sp³-hybridized carbons (Fsp3) is 0.818. The van der Waals surface area contributed by atoms with Crippen LogP contribution in [0.4, 0.5) is 0 Å². The lowest BCUT2D eigenvalue weighted by molar-refractivity contribution is -0.145. The van der Waals surface area contributed by atoms with Crippen LogP contribution in [0.3, 0.4) is 0 Å². The van der Waals surface area contributed by atoms with E-state index in [1.807, 2.05) is 0 Å². The molecule has 4 nitrogen and oxygen atoms in total. The van der Waals surface area contributed by atoms with Gasteiger partial charge < -0.3 is 9.84 Å². The summed E-state index contributed by atoms with van der Waals surface area (Å²) in [6.45, 7) is 7.57. The number of rotatable bonds is 18. The van der Waals surface area contributed by atoms with Gasteiger partial charge in [0.05, 0.1) is 0 Å². The van der Waals surface area contributed by atoms with E-state index in [2.05, 4.69) is 13.5 Å². The van der Waals surface area contributed by atoms with Gasteiger partial charge in [-0.3, -0.25) is 4.79 Å². The van der Waals surface area contributed by atoms with Gasteiger partial charge in [-0.2, -0.15) is 0 Å². The molecule has 0 aliphatic carbocycles. The fourth-order valence-corrected chi connectivity index (χ4v) is 3.02. The van der Waals surface area contributed by atoms with E-state index >= 15 is 0 Å². The highest BCUT2D eigenvalue weighted by Gasteiger charge is 2.14. The summed E-state index contributed by atoms with van der Waals surface area (Å²) in [5.41, 5.74) is 0.478. The number of esters is 1. The zero-order chi connectivity index (χ0) is 19.6. The molecule has 0 aromatic rings. The minimum Gasteiger partial charge on any atom is -0.481 e. The molecule has 0 spiro atoms. The summed E-state index contributed by atoms with van der Waals surface area (Å²) in [4.78, 5) is 22.2. The standard InChI is InChI=1S/C22H40O4/c1-4-5-6-13-16-20(26-22(25)19(2)3)17-14-11-9-7-8-10-12-15-18-21(23)24/h20H,2,4-18H2,1,3H3,(H,23,24). The first-order valence-electron chi connectivity index (χ1n) is 10.6. The Morgan fingerprint density at radius 1 is 0.846 bits per heavy atom. The van der Waals surface area contributed by atoms with Crippen molar-refractivity contribution in [3.63, 3.8) is 0 Å². The van der Waals surface area contributed by atoms with E-state index in [0.29, 0.717) is 12.0 Å². The molecule has 0 saturated heterocycles. The second kappa shape index (κ2) is 17.1. The third kappa shape index (κ3) is 16.2. The molecular weight excluding hydrogens is 328 g/mol. The van der Waals surface area contributed by atoms with Crippen LogP contribution in [0.5, 0.6) is 0 Å². The van der Waals surface area contributed by atoms with Crippen LogP contribution in [0, 0.1) is 0 Å². The summed E-state index contributed by atoms with van der Waals surface area (Å²) in [7, 11) is 0.